The molecule has 0 atom stereocenters. The molecule has 2 N–H and O–H groups in total. The lowest BCUT2D eigenvalue weighted by Crippen LogP contribution is -2.50. The molecule has 0 rings (SSSR count). The van der Waals surface area contributed by atoms with E-state index in [1.54, 1.807) is 0 Å². The smallest absolute Gasteiger partial charge is 0.131 e. The molecule has 1 amide bonds. The van der Waals surface area contributed by atoms with Gasteiger partial charge in [0.15, 0.2) is 0 Å². The number of hydrogen-bond donors (Lipinski definition) is 1. The average Bonchev–Trinajstić information content (AvgIpc) is 2.45. The maximum Gasteiger partial charge on any atom is 0.131 e. The number of primary amides is 1. The Morgan fingerprint density at radius 1 is 0.762 bits per heavy atom. The van der Waals surface area contributed by atoms with E-state index in [1.807, 2.05) is 0 Å². The van der Waals surface area contributed by atoms with Crippen molar-refractivity contribution in [2.75, 3.05) is 26.2 Å². The van der Waals surface area contributed by atoms with E-state index in [9.17, 15) is 0 Å². The molecule has 128 valence electrons. The third-order valence-corrected chi connectivity index (χ3v) is 3.94. The quantitative estimate of drug-likeness (QED) is 0.562. The van der Waals surface area contributed by atoms with Crippen LogP contribution in [0.15, 0.2) is 0 Å². The van der Waals surface area contributed by atoms with E-state index in [0.29, 0.717) is 0 Å². The molecule has 21 heavy (non-hydrogen) atoms. The molecule has 0 spiro atoms. The number of amides is 1. The van der Waals surface area contributed by atoms with Crippen LogP contribution in [0.3, 0.4) is 0 Å². The molecule has 0 aromatic heterocycles. The van der Waals surface area contributed by atoms with Gasteiger partial charge in [0.05, 0.1) is 26.2 Å². The van der Waals surface area contributed by atoms with Crippen molar-refractivity contribution in [3.8, 4) is 0 Å². The van der Waals surface area contributed by atoms with E-state index in [-0.39, 0.29) is 0 Å². The lowest BCUT2D eigenvalue weighted by molar-refractivity contribution is -0.929. The Hall–Kier alpha value is -0.770. The number of carbonyl (C=O) groups is 1. The fourth-order valence-electron chi connectivity index (χ4n) is 2.64. The number of nitrogens with two attached hydrogens (primary N) is 1. The van der Waals surface area contributed by atoms with Crippen molar-refractivity contribution < 1.29 is 14.4 Å². The minimum atomic E-state index is -1.58. The van der Waals surface area contributed by atoms with Gasteiger partial charge in [0.1, 0.15) is 6.09 Å². The third-order valence-electron chi connectivity index (χ3n) is 3.94. The predicted molar refractivity (Wildman–Crippen MR) is 88.9 cm³/mol. The average molecular weight is 303 g/mol. The largest absolute Gasteiger partial charge is 0.530 e. The maximum absolute atomic E-state index is 8.67. The van der Waals surface area contributed by atoms with Crippen LogP contribution < -0.4 is 10.8 Å². The van der Waals surface area contributed by atoms with Gasteiger partial charge in [-0.2, -0.15) is 0 Å². The molecule has 0 fully saturated rings. The molecule has 0 unspecified atom stereocenters. The minimum Gasteiger partial charge on any atom is -0.530 e. The molecule has 0 aliphatic carbocycles. The summed E-state index contributed by atoms with van der Waals surface area (Å²) in [5.74, 6) is 0. The maximum atomic E-state index is 8.67. The van der Waals surface area contributed by atoms with Crippen molar-refractivity contribution in [2.45, 2.75) is 79.1 Å². The van der Waals surface area contributed by atoms with E-state index in [0.717, 1.165) is 0 Å². The zero-order valence-electron chi connectivity index (χ0n) is 14.8. The van der Waals surface area contributed by atoms with Gasteiger partial charge in [-0.3, -0.25) is 0 Å². The van der Waals surface area contributed by atoms with Crippen LogP contribution in [-0.2, 0) is 0 Å². The van der Waals surface area contributed by atoms with Crippen LogP contribution >= 0.6 is 0 Å². The van der Waals surface area contributed by atoms with Gasteiger partial charge in [-0.1, -0.05) is 53.4 Å². The second-order valence-corrected chi connectivity index (χ2v) is 5.97. The molecule has 0 radical (unpaired) electrons. The first-order chi connectivity index (χ1) is 9.97. The summed E-state index contributed by atoms with van der Waals surface area (Å²) in [7, 11) is 0. The summed E-state index contributed by atoms with van der Waals surface area (Å²) < 4.78 is 1.42. The first-order valence-corrected chi connectivity index (χ1v) is 8.79. The Bertz CT molecular complexity index is 191. The van der Waals surface area contributed by atoms with Crippen LogP contribution in [0.5, 0.6) is 0 Å². The molecule has 4 nitrogen and oxygen atoms in total. The van der Waals surface area contributed by atoms with Crippen LogP contribution in [0.1, 0.15) is 79.1 Å². The lowest BCUT2D eigenvalue weighted by atomic mass is 10.1. The number of nitrogens with zero attached hydrogens (tertiary/aromatic N) is 1. The summed E-state index contributed by atoms with van der Waals surface area (Å²) in [4.78, 5) is 8.67. The summed E-state index contributed by atoms with van der Waals surface area (Å²) in [6.45, 7) is 15.0. The van der Waals surface area contributed by atoms with Crippen LogP contribution in [0.25, 0.3) is 0 Å². The topological polar surface area (TPSA) is 66.2 Å². The monoisotopic (exact) mass is 302 g/mol. The second-order valence-electron chi connectivity index (χ2n) is 5.97. The summed E-state index contributed by atoms with van der Waals surface area (Å²) in [5, 5.41) is 8.67. The molecule has 0 saturated carbocycles. The molecular weight excluding hydrogens is 264 g/mol. The summed E-state index contributed by atoms with van der Waals surface area (Å²) in [6, 6.07) is 0. The molecule has 4 heteroatoms. The highest BCUT2D eigenvalue weighted by atomic mass is 16.4. The molecule has 0 aliphatic rings. The third kappa shape index (κ3) is 15.4. The first kappa shape index (κ1) is 22.5. The number of quaternary nitrogens is 1. The summed E-state index contributed by atoms with van der Waals surface area (Å²) in [5.41, 5.74) is 3.92. The van der Waals surface area contributed by atoms with Gasteiger partial charge in [-0.25, -0.2) is 0 Å². The van der Waals surface area contributed by atoms with E-state index in [2.05, 4.69) is 33.4 Å². The minimum absolute atomic E-state index is 1.35. The number of carbonyl (C=O) groups excluding carboxylic acids is 1. The fourth-order valence-corrected chi connectivity index (χ4v) is 2.64. The van der Waals surface area contributed by atoms with Crippen LogP contribution in [0, 0.1) is 0 Å². The molecule has 0 saturated heterocycles. The number of rotatable bonds is 12. The highest BCUT2D eigenvalue weighted by Gasteiger charge is 2.24. The summed E-state index contributed by atoms with van der Waals surface area (Å²) in [6.07, 6.45) is 9.48. The highest BCUT2D eigenvalue weighted by molar-refractivity contribution is 5.58. The standard InChI is InChI=1S/C16H36N.CH3NO2/c1-5-9-13-17(14-10-6-2,15-11-7-3)16-12-8-4;2-1(3)4/h5-16H2,1-4H3;2H2,(H,3,4)/q+1;/p-1. The normalized spacial score (nSPS) is 10.9. The van der Waals surface area contributed by atoms with Gasteiger partial charge in [-0.15, -0.1) is 0 Å². The van der Waals surface area contributed by atoms with Gasteiger partial charge in [-0.05, 0) is 25.7 Å². The van der Waals surface area contributed by atoms with E-state index < -0.39 is 6.09 Å². The van der Waals surface area contributed by atoms with Crippen LogP contribution in [0.4, 0.5) is 4.79 Å². The predicted octanol–water partition coefficient (Wildman–Crippen LogP) is 3.29. The van der Waals surface area contributed by atoms with Crippen molar-refractivity contribution >= 4 is 6.09 Å². The van der Waals surface area contributed by atoms with Crippen molar-refractivity contribution in [1.29, 1.82) is 0 Å². The van der Waals surface area contributed by atoms with Crippen molar-refractivity contribution in [3.05, 3.63) is 0 Å². The number of hydrogen-bond acceptors (Lipinski definition) is 2. The molecule has 0 aromatic carbocycles. The Labute approximate surface area is 132 Å². The van der Waals surface area contributed by atoms with Gasteiger partial charge in [0.2, 0.25) is 0 Å². The van der Waals surface area contributed by atoms with E-state index >= 15 is 0 Å². The Morgan fingerprint density at radius 2 is 0.952 bits per heavy atom. The van der Waals surface area contributed by atoms with Gasteiger partial charge >= 0.3 is 0 Å². The Balaban J connectivity index is 0. The Kier molecular flexibility index (Phi) is 16.7. The molecule has 0 aromatic rings. The number of unbranched alkanes of at least 4 members (excludes halogenated alkanes) is 4. The van der Waals surface area contributed by atoms with Crippen LogP contribution in [-0.4, -0.2) is 36.8 Å². The van der Waals surface area contributed by atoms with Gasteiger partial charge in [0, 0.05) is 0 Å². The van der Waals surface area contributed by atoms with Gasteiger partial charge < -0.3 is 20.1 Å². The van der Waals surface area contributed by atoms with Crippen molar-refractivity contribution in [1.82, 2.24) is 0 Å². The fraction of sp³-hybridized carbons (Fsp3) is 0.941. The lowest BCUT2D eigenvalue weighted by Gasteiger charge is -2.39. The van der Waals surface area contributed by atoms with E-state index in [1.165, 1.54) is 82.0 Å². The number of carboxylic acid groups (broad SMARTS) is 1. The van der Waals surface area contributed by atoms with Crippen LogP contribution in [0.2, 0.25) is 0 Å². The van der Waals surface area contributed by atoms with Crippen molar-refractivity contribution in [3.63, 3.8) is 0 Å². The Morgan fingerprint density at radius 3 is 1.10 bits per heavy atom. The zero-order valence-corrected chi connectivity index (χ0v) is 14.8. The first-order valence-electron chi connectivity index (χ1n) is 8.79. The SMILES string of the molecule is CCCC[N+](CCCC)(CCCC)CCCC.NC(=O)[O-]. The van der Waals surface area contributed by atoms with Crippen molar-refractivity contribution in [2.24, 2.45) is 5.73 Å². The summed E-state index contributed by atoms with van der Waals surface area (Å²) >= 11 is 0. The van der Waals surface area contributed by atoms with E-state index in [4.69, 9.17) is 9.90 Å². The zero-order chi connectivity index (χ0) is 16.6. The highest BCUT2D eigenvalue weighted by Crippen LogP contribution is 2.16. The molecule has 0 bridgehead atoms. The molecule has 0 heterocycles. The second kappa shape index (κ2) is 15.6. The molecular formula is C17H38N2O2. The van der Waals surface area contributed by atoms with Gasteiger partial charge in [0.25, 0.3) is 0 Å². The molecule has 0 aliphatic heterocycles.